The molecule has 2 aromatic carbocycles. The number of benzene rings is 2. The molecule has 0 aliphatic rings. The zero-order valence-electron chi connectivity index (χ0n) is 14.5. The first-order valence-electron chi connectivity index (χ1n) is 8.12. The van der Waals surface area contributed by atoms with E-state index in [0.717, 1.165) is 11.3 Å². The first-order valence-corrected chi connectivity index (χ1v) is 8.50. The molecule has 3 rings (SSSR count). The Hall–Kier alpha value is -2.92. The molecule has 0 fully saturated rings. The predicted molar refractivity (Wildman–Crippen MR) is 100 cm³/mol. The molecule has 0 atom stereocenters. The third-order valence-corrected chi connectivity index (χ3v) is 4.33. The maximum Gasteiger partial charge on any atom is 0.252 e. The molecule has 6 heteroatoms. The molecule has 1 amide bonds. The number of carbonyl (C=O) groups excluding carboxylic acids is 2. The van der Waals surface area contributed by atoms with Crippen LogP contribution in [0.25, 0.3) is 0 Å². The van der Waals surface area contributed by atoms with Crippen molar-refractivity contribution in [1.29, 1.82) is 0 Å². The number of aryl methyl sites for hydroxylation is 2. The van der Waals surface area contributed by atoms with Crippen LogP contribution in [0.2, 0.25) is 5.02 Å². The quantitative estimate of drug-likeness (QED) is 0.701. The summed E-state index contributed by atoms with van der Waals surface area (Å²) in [5, 5.41) is 7.67. The van der Waals surface area contributed by atoms with Crippen LogP contribution in [0, 0.1) is 6.92 Å². The van der Waals surface area contributed by atoms with Crippen LogP contribution in [0.15, 0.2) is 54.7 Å². The summed E-state index contributed by atoms with van der Waals surface area (Å²) in [5.74, 6) is -0.517. The molecule has 1 heterocycles. The summed E-state index contributed by atoms with van der Waals surface area (Å²) < 4.78 is 1.70. The summed E-state index contributed by atoms with van der Waals surface area (Å²) in [6.07, 6.45) is 1.86. The summed E-state index contributed by atoms with van der Waals surface area (Å²) in [5.41, 5.74) is 2.97. The zero-order valence-corrected chi connectivity index (χ0v) is 15.2. The van der Waals surface area contributed by atoms with Crippen molar-refractivity contribution < 1.29 is 9.59 Å². The van der Waals surface area contributed by atoms with Gasteiger partial charge in [-0.05, 0) is 37.3 Å². The number of hydrogen-bond donors (Lipinski definition) is 1. The van der Waals surface area contributed by atoms with Gasteiger partial charge in [-0.15, -0.1) is 0 Å². The molecule has 132 valence electrons. The van der Waals surface area contributed by atoms with Crippen molar-refractivity contribution in [2.24, 2.45) is 7.05 Å². The van der Waals surface area contributed by atoms with Crippen LogP contribution < -0.4 is 5.32 Å². The lowest BCUT2D eigenvalue weighted by molar-refractivity contribution is 0.0939. The molecule has 26 heavy (non-hydrogen) atoms. The minimum absolute atomic E-state index is 0.218. The molecule has 5 nitrogen and oxygen atoms in total. The number of amides is 1. The Morgan fingerprint density at radius 1 is 1.08 bits per heavy atom. The number of hydrogen-bond acceptors (Lipinski definition) is 3. The maximum absolute atomic E-state index is 12.8. The van der Waals surface area contributed by atoms with E-state index < -0.39 is 0 Å². The highest BCUT2D eigenvalue weighted by Crippen LogP contribution is 2.17. The number of aromatic nitrogens is 2. The molecule has 1 N–H and O–H groups in total. The largest absolute Gasteiger partial charge is 0.348 e. The Morgan fingerprint density at radius 3 is 2.35 bits per heavy atom. The van der Waals surface area contributed by atoms with Gasteiger partial charge in [0.25, 0.3) is 5.91 Å². The van der Waals surface area contributed by atoms with Gasteiger partial charge in [0, 0.05) is 41.5 Å². The molecule has 0 aliphatic carbocycles. The van der Waals surface area contributed by atoms with E-state index in [9.17, 15) is 9.59 Å². The van der Waals surface area contributed by atoms with E-state index in [4.69, 9.17) is 11.6 Å². The van der Waals surface area contributed by atoms with E-state index in [1.54, 1.807) is 53.2 Å². The minimum Gasteiger partial charge on any atom is -0.348 e. The van der Waals surface area contributed by atoms with Gasteiger partial charge in [-0.25, -0.2) is 0 Å². The second kappa shape index (κ2) is 7.54. The maximum atomic E-state index is 12.8. The fourth-order valence-corrected chi connectivity index (χ4v) is 2.85. The van der Waals surface area contributed by atoms with Gasteiger partial charge in [0.2, 0.25) is 0 Å². The monoisotopic (exact) mass is 367 g/mol. The summed E-state index contributed by atoms with van der Waals surface area (Å²) in [7, 11) is 1.83. The first-order chi connectivity index (χ1) is 12.5. The van der Waals surface area contributed by atoms with Gasteiger partial charge in [-0.3, -0.25) is 14.3 Å². The summed E-state index contributed by atoms with van der Waals surface area (Å²) in [6, 6.07) is 13.4. The second-order valence-corrected chi connectivity index (χ2v) is 6.41. The van der Waals surface area contributed by atoms with Crippen LogP contribution in [0.4, 0.5) is 0 Å². The molecule has 0 spiro atoms. The van der Waals surface area contributed by atoms with Crippen molar-refractivity contribution in [2.75, 3.05) is 0 Å². The smallest absolute Gasteiger partial charge is 0.252 e. The normalized spacial score (nSPS) is 10.6. The topological polar surface area (TPSA) is 64.0 Å². The molecular formula is C20H18ClN3O2. The molecule has 3 aromatic rings. The molecule has 0 radical (unpaired) electrons. The number of nitrogens with one attached hydrogen (secondary N) is 1. The average molecular weight is 368 g/mol. The standard InChI is InChI=1S/C20H18ClN3O2/c1-13-15(12-24(2)23-13)11-22-20(26)18-6-4-3-5-17(18)19(25)14-7-9-16(21)10-8-14/h3-10,12H,11H2,1-2H3,(H,22,26). The Labute approximate surface area is 156 Å². The SMILES string of the molecule is Cc1nn(C)cc1CNC(=O)c1ccccc1C(=O)c1ccc(Cl)cc1. The van der Waals surface area contributed by atoms with Crippen molar-refractivity contribution >= 4 is 23.3 Å². The van der Waals surface area contributed by atoms with E-state index in [1.165, 1.54) is 0 Å². The molecule has 0 saturated carbocycles. The molecule has 0 unspecified atom stereocenters. The van der Waals surface area contributed by atoms with Crippen LogP contribution in [0.5, 0.6) is 0 Å². The molecule has 0 aliphatic heterocycles. The van der Waals surface area contributed by atoms with E-state index in [-0.39, 0.29) is 11.7 Å². The molecule has 1 aromatic heterocycles. The van der Waals surface area contributed by atoms with Crippen molar-refractivity contribution in [3.8, 4) is 0 Å². The van der Waals surface area contributed by atoms with Gasteiger partial charge in [0.15, 0.2) is 5.78 Å². The van der Waals surface area contributed by atoms with Gasteiger partial charge in [0.05, 0.1) is 11.3 Å². The van der Waals surface area contributed by atoms with Crippen molar-refractivity contribution in [3.63, 3.8) is 0 Å². The predicted octanol–water partition coefficient (Wildman–Crippen LogP) is 3.54. The fraction of sp³-hybridized carbons (Fsp3) is 0.150. The van der Waals surface area contributed by atoms with Crippen LogP contribution in [-0.2, 0) is 13.6 Å². The van der Waals surface area contributed by atoms with Gasteiger partial charge < -0.3 is 5.32 Å². The number of ketones is 1. The second-order valence-electron chi connectivity index (χ2n) is 5.98. The van der Waals surface area contributed by atoms with Gasteiger partial charge in [-0.2, -0.15) is 5.10 Å². The van der Waals surface area contributed by atoms with E-state index in [1.807, 2.05) is 20.2 Å². The van der Waals surface area contributed by atoms with Crippen molar-refractivity contribution in [2.45, 2.75) is 13.5 Å². The summed E-state index contributed by atoms with van der Waals surface area (Å²) >= 11 is 5.88. The zero-order chi connectivity index (χ0) is 18.7. The number of carbonyl (C=O) groups is 2. The van der Waals surface area contributed by atoms with E-state index >= 15 is 0 Å². The van der Waals surface area contributed by atoms with Crippen molar-refractivity contribution in [1.82, 2.24) is 15.1 Å². The Kier molecular flexibility index (Phi) is 5.19. The van der Waals surface area contributed by atoms with Crippen LogP contribution in [0.3, 0.4) is 0 Å². The summed E-state index contributed by atoms with van der Waals surface area (Å²) in [4.78, 5) is 25.4. The number of rotatable bonds is 5. The lowest BCUT2D eigenvalue weighted by Crippen LogP contribution is -2.25. The third-order valence-electron chi connectivity index (χ3n) is 4.08. The Bertz CT molecular complexity index is 961. The Morgan fingerprint density at radius 2 is 1.73 bits per heavy atom. The average Bonchev–Trinajstić information content (AvgIpc) is 2.97. The third kappa shape index (κ3) is 3.83. The van der Waals surface area contributed by atoms with Crippen LogP contribution >= 0.6 is 11.6 Å². The molecule has 0 saturated heterocycles. The van der Waals surface area contributed by atoms with Crippen LogP contribution in [-0.4, -0.2) is 21.5 Å². The number of halogens is 1. The first kappa shape index (κ1) is 17.9. The highest BCUT2D eigenvalue weighted by atomic mass is 35.5. The highest BCUT2D eigenvalue weighted by Gasteiger charge is 2.18. The Balaban J connectivity index is 1.82. The lowest BCUT2D eigenvalue weighted by Gasteiger charge is -2.09. The van der Waals surface area contributed by atoms with Crippen molar-refractivity contribution in [3.05, 3.63) is 87.7 Å². The lowest BCUT2D eigenvalue weighted by atomic mass is 9.98. The van der Waals surface area contributed by atoms with E-state index in [2.05, 4.69) is 10.4 Å². The number of nitrogens with zero attached hydrogens (tertiary/aromatic N) is 2. The van der Waals surface area contributed by atoms with Gasteiger partial charge >= 0.3 is 0 Å². The van der Waals surface area contributed by atoms with Gasteiger partial charge in [0.1, 0.15) is 0 Å². The van der Waals surface area contributed by atoms with E-state index in [0.29, 0.717) is 28.3 Å². The fourth-order valence-electron chi connectivity index (χ4n) is 2.73. The molecular weight excluding hydrogens is 350 g/mol. The highest BCUT2D eigenvalue weighted by molar-refractivity contribution is 6.30. The van der Waals surface area contributed by atoms with Gasteiger partial charge in [-0.1, -0.05) is 29.8 Å². The van der Waals surface area contributed by atoms with Crippen LogP contribution in [0.1, 0.15) is 37.5 Å². The summed E-state index contributed by atoms with van der Waals surface area (Å²) in [6.45, 7) is 2.24. The minimum atomic E-state index is -0.300. The molecule has 0 bridgehead atoms.